The molecule has 1 aliphatic carbocycles. The van der Waals surface area contributed by atoms with Gasteiger partial charge in [0.2, 0.25) is 0 Å². The minimum atomic E-state index is -0.372. The second-order valence-electron chi connectivity index (χ2n) is 7.20. The lowest BCUT2D eigenvalue weighted by atomic mass is 9.66. The Morgan fingerprint density at radius 2 is 1.70 bits per heavy atom. The maximum Gasteiger partial charge on any atom is 0.123 e. The van der Waals surface area contributed by atoms with Gasteiger partial charge in [-0.15, -0.1) is 0 Å². The lowest BCUT2D eigenvalue weighted by molar-refractivity contribution is 0.00856. The van der Waals surface area contributed by atoms with Crippen LogP contribution in [0.3, 0.4) is 0 Å². The molecule has 0 saturated heterocycles. The van der Waals surface area contributed by atoms with Crippen LogP contribution < -0.4 is 0 Å². The van der Waals surface area contributed by atoms with Crippen molar-refractivity contribution < 1.29 is 9.50 Å². The van der Waals surface area contributed by atoms with Gasteiger partial charge >= 0.3 is 0 Å². The molecule has 20 heavy (non-hydrogen) atoms. The summed E-state index contributed by atoms with van der Waals surface area (Å²) < 4.78 is 13.1. The molecule has 0 bridgehead atoms. The van der Waals surface area contributed by atoms with E-state index in [-0.39, 0.29) is 17.3 Å². The van der Waals surface area contributed by atoms with Crippen LogP contribution in [0.4, 0.5) is 4.39 Å². The molecule has 1 aliphatic rings. The summed E-state index contributed by atoms with van der Waals surface area (Å²) in [5.74, 6) is 1.56. The predicted molar refractivity (Wildman–Crippen MR) is 81.1 cm³/mol. The standard InChI is InChI=1S/C18H27FO/c1-12-5-6-14(11-13(12)2)17(20)18(3,4)15-7-9-16(19)10-8-15/h7-10,12-14,17,20H,5-6,11H2,1-4H3. The molecule has 2 heteroatoms. The summed E-state index contributed by atoms with van der Waals surface area (Å²) in [7, 11) is 0. The van der Waals surface area contributed by atoms with Crippen molar-refractivity contribution in [2.24, 2.45) is 17.8 Å². The van der Waals surface area contributed by atoms with E-state index in [0.717, 1.165) is 24.3 Å². The molecule has 112 valence electrons. The first kappa shape index (κ1) is 15.5. The zero-order chi connectivity index (χ0) is 14.9. The van der Waals surface area contributed by atoms with E-state index >= 15 is 0 Å². The van der Waals surface area contributed by atoms with Crippen LogP contribution in [0.1, 0.15) is 52.5 Å². The monoisotopic (exact) mass is 278 g/mol. The Balaban J connectivity index is 2.14. The van der Waals surface area contributed by atoms with Crippen molar-refractivity contribution in [1.82, 2.24) is 0 Å². The summed E-state index contributed by atoms with van der Waals surface area (Å²) in [6, 6.07) is 6.56. The molecular weight excluding hydrogens is 251 g/mol. The van der Waals surface area contributed by atoms with Gasteiger partial charge in [0.15, 0.2) is 0 Å². The number of rotatable bonds is 3. The summed E-state index contributed by atoms with van der Waals surface area (Å²) in [4.78, 5) is 0. The highest BCUT2D eigenvalue weighted by Gasteiger charge is 2.38. The van der Waals surface area contributed by atoms with Gasteiger partial charge in [0, 0.05) is 5.41 Å². The van der Waals surface area contributed by atoms with Crippen LogP contribution in [-0.2, 0) is 5.41 Å². The number of hydrogen-bond donors (Lipinski definition) is 1. The molecule has 0 heterocycles. The minimum Gasteiger partial charge on any atom is -0.392 e. The quantitative estimate of drug-likeness (QED) is 0.861. The molecule has 0 radical (unpaired) electrons. The molecule has 0 spiro atoms. The normalized spacial score (nSPS) is 29.2. The fraction of sp³-hybridized carbons (Fsp3) is 0.667. The molecular formula is C18H27FO. The third-order valence-corrected chi connectivity index (χ3v) is 5.41. The third-order valence-electron chi connectivity index (χ3n) is 5.41. The molecule has 0 amide bonds. The van der Waals surface area contributed by atoms with E-state index < -0.39 is 0 Å². The Bertz CT molecular complexity index is 437. The van der Waals surface area contributed by atoms with Crippen LogP contribution in [0.5, 0.6) is 0 Å². The highest BCUT2D eigenvalue weighted by molar-refractivity contribution is 5.26. The van der Waals surface area contributed by atoms with Crippen LogP contribution in [0.15, 0.2) is 24.3 Å². The molecule has 1 aromatic rings. The van der Waals surface area contributed by atoms with Crippen molar-refractivity contribution >= 4 is 0 Å². The van der Waals surface area contributed by atoms with Crippen molar-refractivity contribution in [3.63, 3.8) is 0 Å². The van der Waals surface area contributed by atoms with Gasteiger partial charge in [0.1, 0.15) is 5.82 Å². The molecule has 2 rings (SSSR count). The first-order valence-electron chi connectivity index (χ1n) is 7.76. The van der Waals surface area contributed by atoms with E-state index in [0.29, 0.717) is 11.8 Å². The van der Waals surface area contributed by atoms with E-state index in [4.69, 9.17) is 0 Å². The Morgan fingerprint density at radius 1 is 1.10 bits per heavy atom. The molecule has 1 N–H and O–H groups in total. The summed E-state index contributed by atoms with van der Waals surface area (Å²) in [5, 5.41) is 10.8. The van der Waals surface area contributed by atoms with E-state index in [9.17, 15) is 9.50 Å². The average Bonchev–Trinajstić information content (AvgIpc) is 2.41. The predicted octanol–water partition coefficient (Wildman–Crippen LogP) is 4.54. The molecule has 1 saturated carbocycles. The van der Waals surface area contributed by atoms with Crippen molar-refractivity contribution in [1.29, 1.82) is 0 Å². The first-order valence-corrected chi connectivity index (χ1v) is 7.76. The minimum absolute atomic E-state index is 0.223. The summed E-state index contributed by atoms with van der Waals surface area (Å²) in [6.07, 6.45) is 3.01. The molecule has 0 aromatic heterocycles. The number of halogens is 1. The van der Waals surface area contributed by atoms with Crippen molar-refractivity contribution in [2.45, 2.75) is 58.5 Å². The van der Waals surface area contributed by atoms with Crippen LogP contribution in [-0.4, -0.2) is 11.2 Å². The highest BCUT2D eigenvalue weighted by Crippen LogP contribution is 2.40. The fourth-order valence-corrected chi connectivity index (χ4v) is 3.52. The van der Waals surface area contributed by atoms with Crippen LogP contribution >= 0.6 is 0 Å². The van der Waals surface area contributed by atoms with E-state index in [1.54, 1.807) is 12.1 Å². The zero-order valence-electron chi connectivity index (χ0n) is 13.1. The van der Waals surface area contributed by atoms with E-state index in [2.05, 4.69) is 27.7 Å². The number of aliphatic hydroxyl groups excluding tert-OH is 1. The number of aliphatic hydroxyl groups is 1. The summed E-state index contributed by atoms with van der Waals surface area (Å²) >= 11 is 0. The van der Waals surface area contributed by atoms with Gasteiger partial charge in [-0.05, 0) is 48.3 Å². The van der Waals surface area contributed by atoms with E-state index in [1.807, 2.05) is 0 Å². The molecule has 1 aromatic carbocycles. The maximum absolute atomic E-state index is 13.1. The van der Waals surface area contributed by atoms with Crippen LogP contribution in [0, 0.1) is 23.6 Å². The van der Waals surface area contributed by atoms with Gasteiger partial charge in [-0.1, -0.05) is 46.2 Å². The molecule has 1 fully saturated rings. The van der Waals surface area contributed by atoms with E-state index in [1.165, 1.54) is 18.6 Å². The molecule has 0 aliphatic heterocycles. The molecule has 4 atom stereocenters. The van der Waals surface area contributed by atoms with Crippen molar-refractivity contribution in [3.8, 4) is 0 Å². The largest absolute Gasteiger partial charge is 0.392 e. The Morgan fingerprint density at radius 3 is 2.25 bits per heavy atom. The van der Waals surface area contributed by atoms with Gasteiger partial charge < -0.3 is 5.11 Å². The average molecular weight is 278 g/mol. The van der Waals surface area contributed by atoms with Crippen molar-refractivity contribution in [3.05, 3.63) is 35.6 Å². The second-order valence-corrected chi connectivity index (χ2v) is 7.20. The lowest BCUT2D eigenvalue weighted by Gasteiger charge is -2.41. The van der Waals surface area contributed by atoms with Gasteiger partial charge in [-0.25, -0.2) is 4.39 Å². The third kappa shape index (κ3) is 3.06. The Kier molecular flexibility index (Phi) is 4.53. The zero-order valence-corrected chi connectivity index (χ0v) is 13.1. The SMILES string of the molecule is CC1CCC(C(O)C(C)(C)c2ccc(F)cc2)CC1C. The Labute approximate surface area is 122 Å². The van der Waals surface area contributed by atoms with Gasteiger partial charge in [0.05, 0.1) is 6.10 Å². The summed E-state index contributed by atoms with van der Waals surface area (Å²) in [5.41, 5.74) is 0.677. The topological polar surface area (TPSA) is 20.2 Å². The summed E-state index contributed by atoms with van der Waals surface area (Å²) in [6.45, 7) is 8.72. The number of benzene rings is 1. The number of hydrogen-bond acceptors (Lipinski definition) is 1. The van der Waals surface area contributed by atoms with Gasteiger partial charge in [-0.3, -0.25) is 0 Å². The van der Waals surface area contributed by atoms with Crippen molar-refractivity contribution in [2.75, 3.05) is 0 Å². The molecule has 4 unspecified atom stereocenters. The van der Waals surface area contributed by atoms with Gasteiger partial charge in [-0.2, -0.15) is 0 Å². The second kappa shape index (κ2) is 5.85. The molecule has 1 nitrogen and oxygen atoms in total. The lowest BCUT2D eigenvalue weighted by Crippen LogP contribution is -2.42. The Hall–Kier alpha value is -0.890. The maximum atomic E-state index is 13.1. The highest BCUT2D eigenvalue weighted by atomic mass is 19.1. The fourth-order valence-electron chi connectivity index (χ4n) is 3.52. The van der Waals surface area contributed by atoms with Crippen LogP contribution in [0.25, 0.3) is 0 Å². The van der Waals surface area contributed by atoms with Gasteiger partial charge in [0.25, 0.3) is 0 Å². The first-order chi connectivity index (χ1) is 9.32. The smallest absolute Gasteiger partial charge is 0.123 e. The van der Waals surface area contributed by atoms with Crippen LogP contribution in [0.2, 0.25) is 0 Å².